The number of nitrogens with zero attached hydrogens (tertiary/aromatic N) is 2. The number of nitro groups is 1. The number of amides is 1. The van der Waals surface area contributed by atoms with E-state index in [0.29, 0.717) is 12.3 Å². The highest BCUT2D eigenvalue weighted by Gasteiger charge is 2.32. The van der Waals surface area contributed by atoms with Crippen LogP contribution >= 0.6 is 0 Å². The first-order chi connectivity index (χ1) is 9.61. The Morgan fingerprint density at radius 2 is 2.05 bits per heavy atom. The highest BCUT2D eigenvalue weighted by Crippen LogP contribution is 2.26. The summed E-state index contributed by atoms with van der Waals surface area (Å²) in [6.45, 7) is 0.112. The topological polar surface area (TPSA) is 92.9 Å². The summed E-state index contributed by atoms with van der Waals surface area (Å²) in [4.78, 5) is 23.6. The lowest BCUT2D eigenvalue weighted by molar-refractivity contribution is -0.384. The standard InChI is InChI=1S/C13H16N2O5/c16-8-7-14(10-1-2-10)13(17)9-20-12-5-3-11(4-6-12)15(18)19/h3-6,10,16H,1-2,7-9H2. The molecule has 7 nitrogen and oxygen atoms in total. The van der Waals surface area contributed by atoms with E-state index in [0.717, 1.165) is 12.8 Å². The summed E-state index contributed by atoms with van der Waals surface area (Å²) in [5, 5.41) is 19.4. The second-order valence-electron chi connectivity index (χ2n) is 4.58. The molecule has 1 N–H and O–H groups in total. The molecule has 1 aromatic rings. The fourth-order valence-corrected chi connectivity index (χ4v) is 1.90. The molecular weight excluding hydrogens is 264 g/mol. The molecule has 0 heterocycles. The van der Waals surface area contributed by atoms with Crippen molar-refractivity contribution >= 4 is 11.6 Å². The van der Waals surface area contributed by atoms with Crippen molar-refractivity contribution in [2.45, 2.75) is 18.9 Å². The average molecular weight is 280 g/mol. The van der Waals surface area contributed by atoms with Crippen LogP contribution in [0.4, 0.5) is 5.69 Å². The fourth-order valence-electron chi connectivity index (χ4n) is 1.90. The van der Waals surface area contributed by atoms with Crippen molar-refractivity contribution in [1.82, 2.24) is 4.90 Å². The maximum Gasteiger partial charge on any atom is 0.269 e. The van der Waals surface area contributed by atoms with Crippen LogP contribution in [-0.2, 0) is 4.79 Å². The van der Waals surface area contributed by atoms with E-state index in [2.05, 4.69) is 0 Å². The first-order valence-electron chi connectivity index (χ1n) is 6.39. The van der Waals surface area contributed by atoms with Gasteiger partial charge in [-0.25, -0.2) is 0 Å². The zero-order valence-corrected chi connectivity index (χ0v) is 10.9. The van der Waals surface area contributed by atoms with Gasteiger partial charge in [-0.15, -0.1) is 0 Å². The third-order valence-corrected chi connectivity index (χ3v) is 3.06. The third kappa shape index (κ3) is 3.67. The number of nitro benzene ring substituents is 1. The summed E-state index contributed by atoms with van der Waals surface area (Å²) < 4.78 is 5.31. The minimum Gasteiger partial charge on any atom is -0.484 e. The van der Waals surface area contributed by atoms with E-state index in [1.807, 2.05) is 0 Å². The molecule has 2 rings (SSSR count). The van der Waals surface area contributed by atoms with Crippen molar-refractivity contribution in [1.29, 1.82) is 0 Å². The number of non-ortho nitro benzene ring substituents is 1. The summed E-state index contributed by atoms with van der Waals surface area (Å²) in [7, 11) is 0. The highest BCUT2D eigenvalue weighted by molar-refractivity contribution is 5.78. The van der Waals surface area contributed by atoms with Crippen molar-refractivity contribution in [3.8, 4) is 5.75 Å². The van der Waals surface area contributed by atoms with Gasteiger partial charge >= 0.3 is 0 Å². The molecule has 0 saturated heterocycles. The Kier molecular flexibility index (Phi) is 4.52. The summed E-state index contributed by atoms with van der Waals surface area (Å²) in [5.74, 6) is 0.226. The number of aliphatic hydroxyl groups excluding tert-OH is 1. The third-order valence-electron chi connectivity index (χ3n) is 3.06. The van der Waals surface area contributed by atoms with Crippen LogP contribution in [0.15, 0.2) is 24.3 Å². The summed E-state index contributed by atoms with van der Waals surface area (Å²) in [5.41, 5.74) is -0.0245. The predicted molar refractivity (Wildman–Crippen MR) is 70.4 cm³/mol. The van der Waals surface area contributed by atoms with Crippen LogP contribution in [0.2, 0.25) is 0 Å². The van der Waals surface area contributed by atoms with Gasteiger partial charge < -0.3 is 14.7 Å². The highest BCUT2D eigenvalue weighted by atomic mass is 16.6. The van der Waals surface area contributed by atoms with Gasteiger partial charge in [0.05, 0.1) is 11.5 Å². The van der Waals surface area contributed by atoms with E-state index < -0.39 is 4.92 Å². The second-order valence-corrected chi connectivity index (χ2v) is 4.58. The van der Waals surface area contributed by atoms with Crippen molar-refractivity contribution in [3.63, 3.8) is 0 Å². The van der Waals surface area contributed by atoms with Crippen molar-refractivity contribution < 1.29 is 19.6 Å². The number of hydrogen-bond donors (Lipinski definition) is 1. The number of carbonyl (C=O) groups excluding carboxylic acids is 1. The van der Waals surface area contributed by atoms with Crippen LogP contribution in [0.5, 0.6) is 5.75 Å². The quantitative estimate of drug-likeness (QED) is 0.593. The Labute approximate surface area is 115 Å². The first kappa shape index (κ1) is 14.3. The maximum atomic E-state index is 11.9. The number of aliphatic hydroxyl groups is 1. The van der Waals surface area contributed by atoms with E-state index in [4.69, 9.17) is 9.84 Å². The lowest BCUT2D eigenvalue weighted by Crippen LogP contribution is -2.38. The Balaban J connectivity index is 1.87. The minimum atomic E-state index is -0.495. The number of hydrogen-bond acceptors (Lipinski definition) is 5. The Morgan fingerprint density at radius 3 is 2.55 bits per heavy atom. The smallest absolute Gasteiger partial charge is 0.269 e. The van der Waals surface area contributed by atoms with Gasteiger partial charge in [-0.05, 0) is 25.0 Å². The van der Waals surface area contributed by atoms with Crippen molar-refractivity contribution in [3.05, 3.63) is 34.4 Å². The zero-order valence-electron chi connectivity index (χ0n) is 10.9. The van der Waals surface area contributed by atoms with Gasteiger partial charge in [0, 0.05) is 24.7 Å². The van der Waals surface area contributed by atoms with Gasteiger partial charge in [-0.3, -0.25) is 14.9 Å². The molecule has 0 atom stereocenters. The SMILES string of the molecule is O=C(COc1ccc([N+](=O)[O-])cc1)N(CCO)C1CC1. The van der Waals surface area contributed by atoms with Gasteiger partial charge in [0.2, 0.25) is 0 Å². The van der Waals surface area contributed by atoms with Crippen molar-refractivity contribution in [2.75, 3.05) is 19.8 Å². The summed E-state index contributed by atoms with van der Waals surface area (Å²) >= 11 is 0. The molecule has 108 valence electrons. The molecule has 0 spiro atoms. The molecule has 0 unspecified atom stereocenters. The maximum absolute atomic E-state index is 11.9. The number of ether oxygens (including phenoxy) is 1. The normalized spacial score (nSPS) is 13.8. The number of benzene rings is 1. The molecule has 0 radical (unpaired) electrons. The van der Waals surface area contributed by atoms with Gasteiger partial charge in [0.1, 0.15) is 5.75 Å². The predicted octanol–water partition coefficient (Wildman–Crippen LogP) is 0.957. The molecule has 1 aliphatic rings. The monoisotopic (exact) mass is 280 g/mol. The van der Waals surface area contributed by atoms with Gasteiger partial charge in [-0.2, -0.15) is 0 Å². The molecule has 1 aromatic carbocycles. The Morgan fingerprint density at radius 1 is 1.40 bits per heavy atom. The van der Waals surface area contributed by atoms with Crippen LogP contribution in [0.25, 0.3) is 0 Å². The Bertz CT molecular complexity index is 484. The molecule has 0 bridgehead atoms. The zero-order chi connectivity index (χ0) is 14.5. The minimum absolute atomic E-state index is 0.0245. The van der Waals surface area contributed by atoms with E-state index in [1.165, 1.54) is 24.3 Å². The molecule has 0 aliphatic heterocycles. The molecule has 0 aromatic heterocycles. The summed E-state index contributed by atoms with van der Waals surface area (Å²) in [6, 6.07) is 5.78. The van der Waals surface area contributed by atoms with Crippen LogP contribution in [0, 0.1) is 10.1 Å². The summed E-state index contributed by atoms with van der Waals surface area (Å²) in [6.07, 6.45) is 1.92. The number of rotatable bonds is 7. The van der Waals surface area contributed by atoms with Crippen LogP contribution in [0.3, 0.4) is 0 Å². The average Bonchev–Trinajstić information content (AvgIpc) is 3.27. The van der Waals surface area contributed by atoms with Crippen molar-refractivity contribution in [2.24, 2.45) is 0 Å². The molecule has 1 amide bonds. The lowest BCUT2D eigenvalue weighted by Gasteiger charge is -2.21. The molecule has 7 heteroatoms. The molecular formula is C13H16N2O5. The number of carbonyl (C=O) groups is 1. The van der Waals surface area contributed by atoms with Crippen LogP contribution < -0.4 is 4.74 Å². The Hall–Kier alpha value is -2.15. The largest absolute Gasteiger partial charge is 0.484 e. The van der Waals surface area contributed by atoms with Gasteiger partial charge in [0.15, 0.2) is 6.61 Å². The van der Waals surface area contributed by atoms with E-state index in [-0.39, 0.29) is 30.9 Å². The molecule has 1 aliphatic carbocycles. The van der Waals surface area contributed by atoms with Crippen LogP contribution in [0.1, 0.15) is 12.8 Å². The second kappa shape index (κ2) is 6.33. The van der Waals surface area contributed by atoms with E-state index >= 15 is 0 Å². The fraction of sp³-hybridized carbons (Fsp3) is 0.462. The first-order valence-corrected chi connectivity index (χ1v) is 6.39. The lowest BCUT2D eigenvalue weighted by atomic mass is 10.3. The van der Waals surface area contributed by atoms with E-state index in [9.17, 15) is 14.9 Å². The van der Waals surface area contributed by atoms with Gasteiger partial charge in [-0.1, -0.05) is 0 Å². The van der Waals surface area contributed by atoms with E-state index in [1.54, 1.807) is 4.90 Å². The van der Waals surface area contributed by atoms with Gasteiger partial charge in [0.25, 0.3) is 11.6 Å². The molecule has 20 heavy (non-hydrogen) atoms. The molecule has 1 fully saturated rings. The molecule has 1 saturated carbocycles. The van der Waals surface area contributed by atoms with Crippen LogP contribution in [-0.4, -0.2) is 46.6 Å².